The number of aliphatic hydroxyl groups excluding tert-OH is 1. The molecule has 1 N–H and O–H groups in total. The summed E-state index contributed by atoms with van der Waals surface area (Å²) >= 11 is 6.09. The summed E-state index contributed by atoms with van der Waals surface area (Å²) < 4.78 is 5.74. The van der Waals surface area contributed by atoms with E-state index < -0.39 is 17.7 Å². The Hall–Kier alpha value is -2.83. The average molecular weight is 485 g/mol. The fraction of sp³-hybridized carbons (Fsp3) is 0.407. The second kappa shape index (κ2) is 11.1. The second-order valence-corrected chi connectivity index (χ2v) is 9.48. The molecule has 1 atom stereocenters. The first-order valence-corrected chi connectivity index (χ1v) is 12.0. The van der Waals surface area contributed by atoms with Crippen LogP contribution in [0.25, 0.3) is 5.76 Å². The van der Waals surface area contributed by atoms with Gasteiger partial charge in [-0.1, -0.05) is 37.6 Å². The molecular weight excluding hydrogens is 452 g/mol. The Morgan fingerprint density at radius 1 is 1.15 bits per heavy atom. The number of aliphatic hydroxyl groups is 1. The quantitative estimate of drug-likeness (QED) is 0.299. The Bertz CT molecular complexity index is 1080. The van der Waals surface area contributed by atoms with Gasteiger partial charge in [0.25, 0.3) is 11.7 Å². The number of amides is 1. The Balaban J connectivity index is 2.12. The third-order valence-corrected chi connectivity index (χ3v) is 6.19. The first kappa shape index (κ1) is 25.8. The van der Waals surface area contributed by atoms with Crippen LogP contribution in [0.5, 0.6) is 5.75 Å². The molecule has 7 heteroatoms. The molecule has 1 saturated heterocycles. The summed E-state index contributed by atoms with van der Waals surface area (Å²) in [5.41, 5.74) is 2.23. The Morgan fingerprint density at radius 2 is 1.82 bits per heavy atom. The molecular formula is C27H33ClN2O4. The lowest BCUT2D eigenvalue weighted by atomic mass is 9.93. The van der Waals surface area contributed by atoms with Gasteiger partial charge in [-0.25, -0.2) is 0 Å². The predicted octanol–water partition coefficient (Wildman–Crippen LogP) is 5.24. The first-order valence-electron chi connectivity index (χ1n) is 11.6. The number of ketones is 1. The second-order valence-electron chi connectivity index (χ2n) is 9.04. The van der Waals surface area contributed by atoms with E-state index in [1.165, 1.54) is 0 Å². The zero-order valence-corrected chi connectivity index (χ0v) is 21.2. The summed E-state index contributed by atoms with van der Waals surface area (Å²) in [7, 11) is 3.92. The van der Waals surface area contributed by atoms with Gasteiger partial charge in [-0.15, -0.1) is 0 Å². The topological polar surface area (TPSA) is 70.1 Å². The average Bonchev–Trinajstić information content (AvgIpc) is 3.04. The minimum absolute atomic E-state index is 0.0936. The highest BCUT2D eigenvalue weighted by Gasteiger charge is 2.45. The third kappa shape index (κ3) is 5.45. The molecule has 1 fully saturated rings. The molecule has 0 saturated carbocycles. The zero-order valence-electron chi connectivity index (χ0n) is 20.5. The van der Waals surface area contributed by atoms with Crippen molar-refractivity contribution in [1.29, 1.82) is 0 Å². The number of nitrogens with zero attached hydrogens (tertiary/aromatic N) is 2. The fourth-order valence-electron chi connectivity index (χ4n) is 4.25. The van der Waals surface area contributed by atoms with Gasteiger partial charge < -0.3 is 19.6 Å². The van der Waals surface area contributed by atoms with Crippen molar-refractivity contribution in [1.82, 2.24) is 9.80 Å². The van der Waals surface area contributed by atoms with Crippen molar-refractivity contribution in [2.75, 3.05) is 33.8 Å². The van der Waals surface area contributed by atoms with Crippen molar-refractivity contribution in [3.05, 3.63) is 69.8 Å². The molecule has 0 radical (unpaired) electrons. The van der Waals surface area contributed by atoms with E-state index in [9.17, 15) is 14.7 Å². The molecule has 2 aromatic carbocycles. The molecule has 3 rings (SSSR count). The molecule has 1 aliphatic rings. The summed E-state index contributed by atoms with van der Waals surface area (Å²) in [4.78, 5) is 29.8. The molecule has 1 aliphatic heterocycles. The van der Waals surface area contributed by atoms with E-state index in [0.717, 1.165) is 23.4 Å². The SMILES string of the molecule is CCOc1ccc(/C(O)=C2/C(=O)C(=O)N(CCCN(C)C)C2c2ccc(Cl)cc2)cc1C(C)C. The highest BCUT2D eigenvalue weighted by molar-refractivity contribution is 6.46. The summed E-state index contributed by atoms with van der Waals surface area (Å²) in [5.74, 6) is -0.571. The van der Waals surface area contributed by atoms with Gasteiger partial charge in [0, 0.05) is 17.1 Å². The number of likely N-dealkylation sites (tertiary alicyclic amines) is 1. The number of carbonyl (C=O) groups excluding carboxylic acids is 2. The maximum Gasteiger partial charge on any atom is 0.295 e. The molecule has 0 spiro atoms. The van der Waals surface area contributed by atoms with E-state index in [1.54, 1.807) is 41.3 Å². The van der Waals surface area contributed by atoms with E-state index in [2.05, 4.69) is 0 Å². The normalized spacial score (nSPS) is 17.8. The van der Waals surface area contributed by atoms with Crippen molar-refractivity contribution in [2.45, 2.75) is 39.2 Å². The van der Waals surface area contributed by atoms with E-state index in [-0.39, 0.29) is 17.3 Å². The Labute approximate surface area is 206 Å². The standard InChI is InChI=1S/C27H33ClN2O4/c1-6-34-22-13-10-19(16-21(22)17(2)3)25(31)23-24(18-8-11-20(28)12-9-18)30(27(33)26(23)32)15-7-14-29(4)5/h8-13,16-17,24,31H,6-7,14-15H2,1-5H3/b25-23-. The number of benzene rings is 2. The van der Waals surface area contributed by atoms with Crippen LogP contribution in [-0.2, 0) is 9.59 Å². The van der Waals surface area contributed by atoms with Crippen LogP contribution in [0, 0.1) is 0 Å². The summed E-state index contributed by atoms with van der Waals surface area (Å²) in [6.07, 6.45) is 0.699. The predicted molar refractivity (Wildman–Crippen MR) is 135 cm³/mol. The van der Waals surface area contributed by atoms with Crippen LogP contribution in [0.2, 0.25) is 5.02 Å². The highest BCUT2D eigenvalue weighted by Crippen LogP contribution is 2.40. The van der Waals surface area contributed by atoms with Crippen LogP contribution >= 0.6 is 11.6 Å². The van der Waals surface area contributed by atoms with Crippen molar-refractivity contribution < 1.29 is 19.4 Å². The fourth-order valence-corrected chi connectivity index (χ4v) is 4.37. The molecule has 1 amide bonds. The van der Waals surface area contributed by atoms with Crippen LogP contribution in [0.1, 0.15) is 55.8 Å². The molecule has 0 aliphatic carbocycles. The molecule has 182 valence electrons. The highest BCUT2D eigenvalue weighted by atomic mass is 35.5. The third-order valence-electron chi connectivity index (χ3n) is 5.94. The number of ether oxygens (including phenoxy) is 1. The molecule has 34 heavy (non-hydrogen) atoms. The van der Waals surface area contributed by atoms with E-state index >= 15 is 0 Å². The maximum absolute atomic E-state index is 13.2. The molecule has 0 aromatic heterocycles. The number of carbonyl (C=O) groups is 2. The van der Waals surface area contributed by atoms with E-state index in [4.69, 9.17) is 16.3 Å². The minimum Gasteiger partial charge on any atom is -0.507 e. The van der Waals surface area contributed by atoms with Crippen LogP contribution in [0.15, 0.2) is 48.0 Å². The molecule has 1 heterocycles. The van der Waals surface area contributed by atoms with Gasteiger partial charge in [-0.2, -0.15) is 0 Å². The lowest BCUT2D eigenvalue weighted by Gasteiger charge is -2.26. The summed E-state index contributed by atoms with van der Waals surface area (Å²) in [5, 5.41) is 11.9. The largest absolute Gasteiger partial charge is 0.507 e. The van der Waals surface area contributed by atoms with Gasteiger partial charge in [-0.05, 0) is 81.4 Å². The Kier molecular flexibility index (Phi) is 8.39. The van der Waals surface area contributed by atoms with E-state index in [0.29, 0.717) is 30.2 Å². The number of halogens is 1. The van der Waals surface area contributed by atoms with Crippen LogP contribution in [-0.4, -0.2) is 60.4 Å². The number of Topliss-reactive ketones (excluding diaryl/α,β-unsaturated/α-hetero) is 1. The molecule has 1 unspecified atom stereocenters. The monoisotopic (exact) mass is 484 g/mol. The zero-order chi connectivity index (χ0) is 25.0. The van der Waals surface area contributed by atoms with Gasteiger partial charge in [0.1, 0.15) is 11.5 Å². The summed E-state index contributed by atoms with van der Waals surface area (Å²) in [6.45, 7) is 7.69. The summed E-state index contributed by atoms with van der Waals surface area (Å²) in [6, 6.07) is 11.7. The number of rotatable bonds is 9. The van der Waals surface area contributed by atoms with Crippen LogP contribution < -0.4 is 4.74 Å². The molecule has 2 aromatic rings. The van der Waals surface area contributed by atoms with Gasteiger partial charge in [-0.3, -0.25) is 9.59 Å². The number of hydrogen-bond donors (Lipinski definition) is 1. The van der Waals surface area contributed by atoms with Gasteiger partial charge in [0.2, 0.25) is 0 Å². The lowest BCUT2D eigenvalue weighted by Crippen LogP contribution is -2.32. The first-order chi connectivity index (χ1) is 16.1. The Morgan fingerprint density at radius 3 is 2.41 bits per heavy atom. The molecule has 0 bridgehead atoms. The van der Waals surface area contributed by atoms with Crippen molar-refractivity contribution in [3.63, 3.8) is 0 Å². The van der Waals surface area contributed by atoms with Gasteiger partial charge >= 0.3 is 0 Å². The van der Waals surface area contributed by atoms with Crippen LogP contribution in [0.3, 0.4) is 0 Å². The van der Waals surface area contributed by atoms with Crippen molar-refractivity contribution >= 4 is 29.1 Å². The van der Waals surface area contributed by atoms with Crippen molar-refractivity contribution in [2.24, 2.45) is 0 Å². The van der Waals surface area contributed by atoms with Crippen LogP contribution in [0.4, 0.5) is 0 Å². The lowest BCUT2D eigenvalue weighted by molar-refractivity contribution is -0.139. The van der Waals surface area contributed by atoms with Gasteiger partial charge in [0.05, 0.1) is 18.2 Å². The minimum atomic E-state index is -0.687. The maximum atomic E-state index is 13.2. The number of hydrogen-bond acceptors (Lipinski definition) is 5. The molecule has 6 nitrogen and oxygen atoms in total. The van der Waals surface area contributed by atoms with Crippen molar-refractivity contribution in [3.8, 4) is 5.75 Å². The van der Waals surface area contributed by atoms with Gasteiger partial charge in [0.15, 0.2) is 0 Å². The van der Waals surface area contributed by atoms with E-state index in [1.807, 2.05) is 45.8 Å². The smallest absolute Gasteiger partial charge is 0.295 e.